The molecule has 1 N–H and O–H groups in total. The van der Waals surface area contributed by atoms with Crippen LogP contribution in [0.5, 0.6) is 5.75 Å². The predicted molar refractivity (Wildman–Crippen MR) is 53.2 cm³/mol. The Balaban J connectivity index is 2.89. The Morgan fingerprint density at radius 1 is 1.29 bits per heavy atom. The fraction of sp³-hybridized carbons (Fsp3) is 0.0909. The van der Waals surface area contributed by atoms with Gasteiger partial charge >= 0.3 is 0 Å². The molecule has 1 aromatic rings. The van der Waals surface area contributed by atoms with Crippen LogP contribution < -0.4 is 0 Å². The van der Waals surface area contributed by atoms with Crippen LogP contribution in [0.25, 0.3) is 6.08 Å². The van der Waals surface area contributed by atoms with Gasteiger partial charge in [-0.25, -0.2) is 0 Å². The molecule has 0 spiro atoms. The van der Waals surface area contributed by atoms with E-state index in [2.05, 4.69) is 0 Å². The van der Waals surface area contributed by atoms with Gasteiger partial charge in [-0.3, -0.25) is 4.79 Å². The van der Waals surface area contributed by atoms with E-state index in [0.29, 0.717) is 12.7 Å². The molecule has 0 unspecified atom stereocenters. The molecule has 0 fully saturated rings. The second kappa shape index (κ2) is 4.97. The van der Waals surface area contributed by atoms with Crippen molar-refractivity contribution in [3.63, 3.8) is 0 Å². The summed E-state index contributed by atoms with van der Waals surface area (Å²) in [5.41, 5.74) is 1.03. The number of phenols is 1. The van der Waals surface area contributed by atoms with Crippen molar-refractivity contribution < 1.29 is 14.7 Å². The van der Waals surface area contributed by atoms with Crippen molar-refractivity contribution in [1.29, 1.82) is 0 Å². The first-order valence-electron chi connectivity index (χ1n) is 4.16. The molecule has 0 heterocycles. The van der Waals surface area contributed by atoms with Gasteiger partial charge < -0.3 is 9.90 Å². The van der Waals surface area contributed by atoms with Gasteiger partial charge in [0.1, 0.15) is 12.0 Å². The lowest BCUT2D eigenvalue weighted by Crippen LogP contribution is -1.82. The molecule has 0 bridgehead atoms. The van der Waals surface area contributed by atoms with Crippen LogP contribution in [0, 0.1) is 0 Å². The number of rotatable bonds is 4. The van der Waals surface area contributed by atoms with Gasteiger partial charge in [0.15, 0.2) is 6.29 Å². The van der Waals surface area contributed by atoms with Crippen molar-refractivity contribution in [3.8, 4) is 5.75 Å². The number of phenolic OH excluding ortho intramolecular Hbond substituents is 1. The van der Waals surface area contributed by atoms with E-state index < -0.39 is 0 Å². The first-order valence-corrected chi connectivity index (χ1v) is 4.16. The van der Waals surface area contributed by atoms with E-state index in [0.717, 1.165) is 11.8 Å². The highest BCUT2D eigenvalue weighted by Gasteiger charge is 1.98. The Morgan fingerprint density at radius 2 is 2.07 bits per heavy atom. The number of carbonyl (C=O) groups is 2. The molecular formula is C11H10O3. The second-order valence-electron chi connectivity index (χ2n) is 2.74. The Morgan fingerprint density at radius 3 is 2.71 bits per heavy atom. The zero-order chi connectivity index (χ0) is 10.4. The summed E-state index contributed by atoms with van der Waals surface area (Å²) in [6.45, 7) is 0. The van der Waals surface area contributed by atoms with Crippen molar-refractivity contribution in [3.05, 3.63) is 35.4 Å². The zero-order valence-corrected chi connectivity index (χ0v) is 7.51. The average Bonchev–Trinajstić information content (AvgIpc) is 2.21. The van der Waals surface area contributed by atoms with Crippen LogP contribution in [0.1, 0.15) is 22.3 Å². The topological polar surface area (TPSA) is 54.4 Å². The van der Waals surface area contributed by atoms with Crippen LogP contribution in [0.4, 0.5) is 0 Å². The number of hydrogen-bond donors (Lipinski definition) is 1. The van der Waals surface area contributed by atoms with Gasteiger partial charge in [0.2, 0.25) is 0 Å². The zero-order valence-electron chi connectivity index (χ0n) is 7.51. The molecule has 0 atom stereocenters. The molecule has 0 aliphatic heterocycles. The molecule has 0 aliphatic carbocycles. The summed E-state index contributed by atoms with van der Waals surface area (Å²) in [6.07, 6.45) is 5.13. The van der Waals surface area contributed by atoms with E-state index in [1.807, 2.05) is 0 Å². The summed E-state index contributed by atoms with van der Waals surface area (Å²) in [5.74, 6) is -0.0347. The summed E-state index contributed by atoms with van der Waals surface area (Å²) in [4.78, 5) is 20.5. The fourth-order valence-corrected chi connectivity index (χ4v) is 1.03. The molecule has 0 saturated heterocycles. The van der Waals surface area contributed by atoms with E-state index in [1.54, 1.807) is 24.3 Å². The quantitative estimate of drug-likeness (QED) is 0.736. The van der Waals surface area contributed by atoms with E-state index >= 15 is 0 Å². The number of benzene rings is 1. The molecule has 0 aliphatic rings. The third kappa shape index (κ3) is 2.55. The van der Waals surface area contributed by atoms with Crippen LogP contribution >= 0.6 is 0 Å². The monoisotopic (exact) mass is 190 g/mol. The maximum atomic E-state index is 10.5. The van der Waals surface area contributed by atoms with E-state index in [9.17, 15) is 14.7 Å². The Bertz CT molecular complexity index is 367. The standard InChI is InChI=1S/C11H10O3/c12-6-2-1-3-9-4-5-11(14)10(7-9)8-13/h1,3-8,14H,2H2. The van der Waals surface area contributed by atoms with E-state index in [-0.39, 0.29) is 11.3 Å². The minimum absolute atomic E-state index is 0.0347. The largest absolute Gasteiger partial charge is 0.507 e. The van der Waals surface area contributed by atoms with Crippen molar-refractivity contribution in [2.45, 2.75) is 6.42 Å². The van der Waals surface area contributed by atoms with Gasteiger partial charge in [-0.2, -0.15) is 0 Å². The van der Waals surface area contributed by atoms with Crippen molar-refractivity contribution in [2.75, 3.05) is 0 Å². The van der Waals surface area contributed by atoms with Gasteiger partial charge in [0.25, 0.3) is 0 Å². The number of hydrogen-bond acceptors (Lipinski definition) is 3. The molecule has 1 aromatic carbocycles. The van der Waals surface area contributed by atoms with Crippen molar-refractivity contribution in [2.24, 2.45) is 0 Å². The molecular weight excluding hydrogens is 180 g/mol. The molecule has 3 heteroatoms. The van der Waals surface area contributed by atoms with E-state index in [1.165, 1.54) is 6.07 Å². The molecule has 14 heavy (non-hydrogen) atoms. The lowest BCUT2D eigenvalue weighted by Gasteiger charge is -1.98. The average molecular weight is 190 g/mol. The third-order valence-corrected chi connectivity index (χ3v) is 1.72. The summed E-state index contributed by atoms with van der Waals surface area (Å²) in [5, 5.41) is 9.20. The van der Waals surface area contributed by atoms with Gasteiger partial charge in [-0.1, -0.05) is 18.2 Å². The minimum Gasteiger partial charge on any atom is -0.507 e. The fourth-order valence-electron chi connectivity index (χ4n) is 1.03. The van der Waals surface area contributed by atoms with Gasteiger partial charge in [0, 0.05) is 6.42 Å². The summed E-state index contributed by atoms with van der Waals surface area (Å²) < 4.78 is 0. The molecule has 0 amide bonds. The Hall–Kier alpha value is -1.90. The summed E-state index contributed by atoms with van der Waals surface area (Å²) >= 11 is 0. The minimum atomic E-state index is -0.0347. The van der Waals surface area contributed by atoms with Crippen LogP contribution in [-0.2, 0) is 4.79 Å². The van der Waals surface area contributed by atoms with Crippen molar-refractivity contribution >= 4 is 18.6 Å². The highest BCUT2D eigenvalue weighted by Crippen LogP contribution is 2.17. The molecule has 3 nitrogen and oxygen atoms in total. The number of allylic oxidation sites excluding steroid dienone is 1. The molecule has 0 saturated carbocycles. The predicted octanol–water partition coefficient (Wildman–Crippen LogP) is 1.81. The maximum Gasteiger partial charge on any atom is 0.153 e. The summed E-state index contributed by atoms with van der Waals surface area (Å²) in [6, 6.07) is 4.68. The third-order valence-electron chi connectivity index (χ3n) is 1.72. The molecule has 1 rings (SSSR count). The van der Waals surface area contributed by atoms with Crippen LogP contribution in [0.2, 0.25) is 0 Å². The lowest BCUT2D eigenvalue weighted by atomic mass is 10.1. The SMILES string of the molecule is O=CCC=Cc1ccc(O)c(C=O)c1. The highest BCUT2D eigenvalue weighted by molar-refractivity contribution is 5.80. The highest BCUT2D eigenvalue weighted by atomic mass is 16.3. The number of aldehydes is 2. The molecule has 0 radical (unpaired) electrons. The van der Waals surface area contributed by atoms with Gasteiger partial charge in [-0.05, 0) is 17.7 Å². The smallest absolute Gasteiger partial charge is 0.153 e. The maximum absolute atomic E-state index is 10.5. The van der Waals surface area contributed by atoms with Crippen LogP contribution in [0.15, 0.2) is 24.3 Å². The Kier molecular flexibility index (Phi) is 3.61. The Labute approximate surface area is 81.7 Å². The van der Waals surface area contributed by atoms with E-state index in [4.69, 9.17) is 0 Å². The second-order valence-corrected chi connectivity index (χ2v) is 2.74. The molecule has 0 aromatic heterocycles. The first kappa shape index (κ1) is 10.2. The first-order chi connectivity index (χ1) is 6.77. The summed E-state index contributed by atoms with van der Waals surface area (Å²) in [7, 11) is 0. The molecule has 72 valence electrons. The number of aromatic hydroxyl groups is 1. The van der Waals surface area contributed by atoms with Gasteiger partial charge in [-0.15, -0.1) is 0 Å². The lowest BCUT2D eigenvalue weighted by molar-refractivity contribution is -0.107. The number of carbonyl (C=O) groups excluding carboxylic acids is 2. The van der Waals surface area contributed by atoms with Crippen LogP contribution in [0.3, 0.4) is 0 Å². The van der Waals surface area contributed by atoms with Crippen LogP contribution in [-0.4, -0.2) is 17.7 Å². The normalized spacial score (nSPS) is 10.3. The van der Waals surface area contributed by atoms with Gasteiger partial charge in [0.05, 0.1) is 5.56 Å². The van der Waals surface area contributed by atoms with Crippen molar-refractivity contribution in [1.82, 2.24) is 0 Å².